The molecule has 0 atom stereocenters. The van der Waals surface area contributed by atoms with Crippen LogP contribution in [0.5, 0.6) is 0 Å². The number of amides is 1. The maximum atomic E-state index is 11.7. The summed E-state index contributed by atoms with van der Waals surface area (Å²) in [5.41, 5.74) is 1.02. The quantitative estimate of drug-likeness (QED) is 0.854. The van der Waals surface area contributed by atoms with Gasteiger partial charge in [-0.3, -0.25) is 4.79 Å². The van der Waals surface area contributed by atoms with Crippen LogP contribution in [0.3, 0.4) is 0 Å². The molecule has 2 heterocycles. The standard InChI is InChI=1S/C10H9BrN4O/c1-15-5-8(13-6-15)10(16)14-7-2-3-9(11)12-4-7/h2-6H,1H3,(H,14,16). The fourth-order valence-corrected chi connectivity index (χ4v) is 1.41. The van der Waals surface area contributed by atoms with Gasteiger partial charge in [0.15, 0.2) is 0 Å². The topological polar surface area (TPSA) is 59.8 Å². The van der Waals surface area contributed by atoms with Gasteiger partial charge in [-0.25, -0.2) is 9.97 Å². The number of carbonyl (C=O) groups is 1. The number of carbonyl (C=O) groups excluding carboxylic acids is 1. The molecule has 0 aromatic carbocycles. The van der Waals surface area contributed by atoms with Crippen molar-refractivity contribution in [3.63, 3.8) is 0 Å². The molecule has 16 heavy (non-hydrogen) atoms. The summed E-state index contributed by atoms with van der Waals surface area (Å²) in [6.45, 7) is 0. The third-order valence-corrected chi connectivity index (χ3v) is 2.39. The molecule has 0 saturated carbocycles. The van der Waals surface area contributed by atoms with Gasteiger partial charge in [0, 0.05) is 13.2 Å². The monoisotopic (exact) mass is 280 g/mol. The molecule has 0 aliphatic rings. The van der Waals surface area contributed by atoms with Gasteiger partial charge >= 0.3 is 0 Å². The number of nitrogens with one attached hydrogen (secondary N) is 1. The first-order valence-electron chi connectivity index (χ1n) is 4.56. The Kier molecular flexibility index (Phi) is 3.00. The van der Waals surface area contributed by atoms with Crippen LogP contribution in [0.2, 0.25) is 0 Å². The number of rotatable bonds is 2. The second-order valence-electron chi connectivity index (χ2n) is 3.25. The van der Waals surface area contributed by atoms with Crippen LogP contribution in [-0.2, 0) is 7.05 Å². The van der Waals surface area contributed by atoms with Crippen LogP contribution in [0.1, 0.15) is 10.5 Å². The molecule has 0 aliphatic heterocycles. The van der Waals surface area contributed by atoms with E-state index in [9.17, 15) is 4.79 Å². The van der Waals surface area contributed by atoms with E-state index in [-0.39, 0.29) is 5.91 Å². The smallest absolute Gasteiger partial charge is 0.275 e. The Labute approximate surface area is 101 Å². The fourth-order valence-electron chi connectivity index (χ4n) is 1.17. The van der Waals surface area contributed by atoms with E-state index in [0.717, 1.165) is 4.60 Å². The number of hydrogen-bond acceptors (Lipinski definition) is 3. The largest absolute Gasteiger partial charge is 0.340 e. The minimum Gasteiger partial charge on any atom is -0.340 e. The highest BCUT2D eigenvalue weighted by molar-refractivity contribution is 9.10. The van der Waals surface area contributed by atoms with Gasteiger partial charge in [0.25, 0.3) is 5.91 Å². The highest BCUT2D eigenvalue weighted by Gasteiger charge is 2.08. The Morgan fingerprint density at radius 3 is 2.81 bits per heavy atom. The average Bonchev–Trinajstić information content (AvgIpc) is 2.68. The molecule has 0 unspecified atom stereocenters. The van der Waals surface area contributed by atoms with E-state index in [1.165, 1.54) is 0 Å². The molecule has 0 saturated heterocycles. The summed E-state index contributed by atoms with van der Waals surface area (Å²) in [7, 11) is 1.81. The molecule has 0 fully saturated rings. The number of aryl methyl sites for hydroxylation is 1. The number of hydrogen-bond donors (Lipinski definition) is 1. The Morgan fingerprint density at radius 1 is 1.44 bits per heavy atom. The third-order valence-electron chi connectivity index (χ3n) is 1.92. The van der Waals surface area contributed by atoms with Crippen LogP contribution >= 0.6 is 15.9 Å². The Hall–Kier alpha value is -1.69. The zero-order valence-electron chi connectivity index (χ0n) is 8.51. The SMILES string of the molecule is Cn1cnc(C(=O)Nc2ccc(Br)nc2)c1. The van der Waals surface area contributed by atoms with Gasteiger partial charge in [0.2, 0.25) is 0 Å². The van der Waals surface area contributed by atoms with Gasteiger partial charge in [0.05, 0.1) is 18.2 Å². The molecule has 0 aliphatic carbocycles. The number of anilines is 1. The van der Waals surface area contributed by atoms with E-state index in [2.05, 4.69) is 31.2 Å². The molecule has 1 N–H and O–H groups in total. The summed E-state index contributed by atoms with van der Waals surface area (Å²) in [6.07, 6.45) is 4.81. The van der Waals surface area contributed by atoms with Gasteiger partial charge in [-0.15, -0.1) is 0 Å². The Balaban J connectivity index is 2.10. The molecule has 1 amide bonds. The van der Waals surface area contributed by atoms with Crippen molar-refractivity contribution >= 4 is 27.5 Å². The number of imidazole rings is 1. The van der Waals surface area contributed by atoms with Crippen LogP contribution < -0.4 is 5.32 Å². The van der Waals surface area contributed by atoms with E-state index >= 15 is 0 Å². The van der Waals surface area contributed by atoms with Crippen molar-refractivity contribution in [3.05, 3.63) is 41.2 Å². The van der Waals surface area contributed by atoms with Crippen molar-refractivity contribution in [3.8, 4) is 0 Å². The highest BCUT2D eigenvalue weighted by Crippen LogP contribution is 2.11. The number of aromatic nitrogens is 3. The van der Waals surface area contributed by atoms with Gasteiger partial charge in [-0.2, -0.15) is 0 Å². The first-order chi connectivity index (χ1) is 7.65. The summed E-state index contributed by atoms with van der Waals surface area (Å²) >= 11 is 3.22. The number of halogens is 1. The maximum Gasteiger partial charge on any atom is 0.275 e. The van der Waals surface area contributed by atoms with Crippen LogP contribution in [0, 0.1) is 0 Å². The summed E-state index contributed by atoms with van der Waals surface area (Å²) in [6, 6.07) is 3.52. The van der Waals surface area contributed by atoms with Crippen LogP contribution in [0.4, 0.5) is 5.69 Å². The second-order valence-corrected chi connectivity index (χ2v) is 4.06. The van der Waals surface area contributed by atoms with Crippen LogP contribution in [-0.4, -0.2) is 20.4 Å². The first-order valence-corrected chi connectivity index (χ1v) is 5.35. The minimum absolute atomic E-state index is 0.246. The van der Waals surface area contributed by atoms with Gasteiger partial charge in [-0.1, -0.05) is 0 Å². The molecule has 2 aromatic heterocycles. The van der Waals surface area contributed by atoms with Gasteiger partial charge < -0.3 is 9.88 Å². The minimum atomic E-state index is -0.246. The predicted molar refractivity (Wildman–Crippen MR) is 63.1 cm³/mol. The van der Waals surface area contributed by atoms with E-state index in [0.29, 0.717) is 11.4 Å². The summed E-state index contributed by atoms with van der Waals surface area (Å²) in [5.74, 6) is -0.246. The molecular weight excluding hydrogens is 272 g/mol. The van der Waals surface area contributed by atoms with Crippen molar-refractivity contribution in [1.82, 2.24) is 14.5 Å². The van der Waals surface area contributed by atoms with E-state index < -0.39 is 0 Å². The molecule has 2 aromatic rings. The van der Waals surface area contributed by atoms with Crippen molar-refractivity contribution in [2.45, 2.75) is 0 Å². The Bertz CT molecular complexity index is 506. The molecule has 5 nitrogen and oxygen atoms in total. The summed E-state index contributed by atoms with van der Waals surface area (Å²) < 4.78 is 2.44. The Morgan fingerprint density at radius 2 is 2.25 bits per heavy atom. The zero-order chi connectivity index (χ0) is 11.5. The van der Waals surface area contributed by atoms with Crippen LogP contribution in [0.25, 0.3) is 0 Å². The lowest BCUT2D eigenvalue weighted by molar-refractivity contribution is 0.102. The number of nitrogens with zero attached hydrogens (tertiary/aromatic N) is 3. The molecule has 2 rings (SSSR count). The molecule has 0 radical (unpaired) electrons. The summed E-state index contributed by atoms with van der Waals surface area (Å²) in [4.78, 5) is 19.6. The van der Waals surface area contributed by atoms with Crippen molar-refractivity contribution < 1.29 is 4.79 Å². The second kappa shape index (κ2) is 4.44. The van der Waals surface area contributed by atoms with Crippen LogP contribution in [0.15, 0.2) is 35.5 Å². The van der Waals surface area contributed by atoms with Gasteiger partial charge in [-0.05, 0) is 28.1 Å². The normalized spacial score (nSPS) is 10.1. The maximum absolute atomic E-state index is 11.7. The average molecular weight is 281 g/mol. The van der Waals surface area contributed by atoms with Crippen molar-refractivity contribution in [2.75, 3.05) is 5.32 Å². The van der Waals surface area contributed by atoms with E-state index in [1.54, 1.807) is 35.4 Å². The van der Waals surface area contributed by atoms with Crippen molar-refractivity contribution in [2.24, 2.45) is 7.05 Å². The lowest BCUT2D eigenvalue weighted by Gasteiger charge is -2.01. The molecule has 0 spiro atoms. The summed E-state index contributed by atoms with van der Waals surface area (Å²) in [5, 5.41) is 2.70. The number of pyridine rings is 1. The predicted octanol–water partition coefficient (Wildman–Crippen LogP) is 1.83. The molecular formula is C10H9BrN4O. The fraction of sp³-hybridized carbons (Fsp3) is 0.100. The van der Waals surface area contributed by atoms with Gasteiger partial charge in [0.1, 0.15) is 10.3 Å². The zero-order valence-corrected chi connectivity index (χ0v) is 10.1. The molecule has 82 valence electrons. The lowest BCUT2D eigenvalue weighted by Crippen LogP contribution is -2.12. The lowest BCUT2D eigenvalue weighted by atomic mass is 10.4. The van der Waals surface area contributed by atoms with E-state index in [4.69, 9.17) is 0 Å². The molecule has 6 heteroatoms. The van der Waals surface area contributed by atoms with E-state index in [1.807, 2.05) is 7.05 Å². The first kappa shape index (κ1) is 10.8. The highest BCUT2D eigenvalue weighted by atomic mass is 79.9. The third kappa shape index (κ3) is 2.46. The van der Waals surface area contributed by atoms with Crippen molar-refractivity contribution in [1.29, 1.82) is 0 Å². The molecule has 0 bridgehead atoms.